The van der Waals surface area contributed by atoms with Gasteiger partial charge in [-0.3, -0.25) is 9.59 Å². The van der Waals surface area contributed by atoms with Gasteiger partial charge in [-0.05, 0) is 81.5 Å². The third kappa shape index (κ3) is 5.82. The first-order valence-electron chi connectivity index (χ1n) is 13.8. The highest BCUT2D eigenvalue weighted by atomic mass is 32.2. The van der Waals surface area contributed by atoms with Gasteiger partial charge < -0.3 is 15.1 Å². The average molecular weight is 529 g/mol. The van der Waals surface area contributed by atoms with Gasteiger partial charge in [0.2, 0.25) is 0 Å². The number of benzene rings is 3. The minimum Gasteiger partial charge on any atom is -0.352 e. The van der Waals surface area contributed by atoms with E-state index in [4.69, 9.17) is 0 Å². The summed E-state index contributed by atoms with van der Waals surface area (Å²) in [7, 11) is 0. The maximum absolute atomic E-state index is 13.9. The molecule has 3 aromatic rings. The molecule has 2 N–H and O–H groups in total. The van der Waals surface area contributed by atoms with Gasteiger partial charge in [0.15, 0.2) is 0 Å². The Balaban J connectivity index is 1.37. The summed E-state index contributed by atoms with van der Waals surface area (Å²) in [4.78, 5) is 32.5. The molecular weight excluding hydrogens is 490 g/mol. The van der Waals surface area contributed by atoms with Gasteiger partial charge in [-0.15, -0.1) is 0 Å². The summed E-state index contributed by atoms with van der Waals surface area (Å²) >= 11 is 1.59. The van der Waals surface area contributed by atoms with Crippen LogP contribution in [0.25, 0.3) is 0 Å². The van der Waals surface area contributed by atoms with Crippen molar-refractivity contribution in [2.75, 3.05) is 24.5 Å². The van der Waals surface area contributed by atoms with Crippen LogP contribution in [0, 0.1) is 13.8 Å². The summed E-state index contributed by atoms with van der Waals surface area (Å²) in [5.74, 6) is -0.121. The summed E-state index contributed by atoms with van der Waals surface area (Å²) in [6, 6.07) is 20.6. The van der Waals surface area contributed by atoms with Crippen LogP contribution < -0.4 is 15.1 Å². The zero-order valence-corrected chi connectivity index (χ0v) is 23.5. The SMILES string of the molecule is Cc1ccc(C)c(CN2C(=O)c3ccccc3Sc3ccc(C(=O)NCCC[NH+]4CCCCC4C)cc32)c1. The van der Waals surface area contributed by atoms with E-state index < -0.39 is 0 Å². The third-order valence-electron chi connectivity index (χ3n) is 7.97. The molecule has 2 heterocycles. The molecule has 2 atom stereocenters. The normalized spacial score (nSPS) is 18.9. The van der Waals surface area contributed by atoms with Gasteiger partial charge >= 0.3 is 0 Å². The van der Waals surface area contributed by atoms with Crippen molar-refractivity contribution < 1.29 is 14.5 Å². The Morgan fingerprint density at radius 2 is 1.89 bits per heavy atom. The first-order valence-corrected chi connectivity index (χ1v) is 14.6. The van der Waals surface area contributed by atoms with Gasteiger partial charge in [-0.1, -0.05) is 47.7 Å². The first-order chi connectivity index (χ1) is 18.4. The molecule has 2 aliphatic heterocycles. The van der Waals surface area contributed by atoms with Crippen molar-refractivity contribution in [2.45, 2.75) is 68.8 Å². The molecule has 6 heteroatoms. The predicted octanol–water partition coefficient (Wildman–Crippen LogP) is 5.19. The highest BCUT2D eigenvalue weighted by Gasteiger charge is 2.29. The topological polar surface area (TPSA) is 53.9 Å². The van der Waals surface area contributed by atoms with Gasteiger partial charge in [0.25, 0.3) is 11.8 Å². The molecule has 5 rings (SSSR count). The molecule has 5 nitrogen and oxygen atoms in total. The third-order valence-corrected chi connectivity index (χ3v) is 9.11. The predicted molar refractivity (Wildman–Crippen MR) is 154 cm³/mol. The molecule has 0 spiro atoms. The molecule has 2 unspecified atom stereocenters. The lowest BCUT2D eigenvalue weighted by Crippen LogP contribution is -3.16. The number of nitrogens with one attached hydrogen (secondary N) is 2. The van der Waals surface area contributed by atoms with E-state index in [1.807, 2.05) is 47.4 Å². The highest BCUT2D eigenvalue weighted by molar-refractivity contribution is 7.99. The monoisotopic (exact) mass is 528 g/mol. The standard InChI is InChI=1S/C32H37N3O2S/c1-22-12-13-23(2)26(19-22)21-35-28-20-25(31(36)33-16-8-18-34-17-7-6-9-24(34)3)14-15-30(28)38-29-11-5-4-10-27(29)32(35)37/h4-5,10-15,19-20,24H,6-9,16-18,21H2,1-3H3,(H,33,36)/p+1. The van der Waals surface area contributed by atoms with Gasteiger partial charge in [0, 0.05) is 28.3 Å². The van der Waals surface area contributed by atoms with Crippen molar-refractivity contribution in [2.24, 2.45) is 0 Å². The van der Waals surface area contributed by atoms with E-state index in [0.29, 0.717) is 30.3 Å². The van der Waals surface area contributed by atoms with E-state index in [2.05, 4.69) is 44.3 Å². The van der Waals surface area contributed by atoms with Crippen LogP contribution in [0.5, 0.6) is 0 Å². The van der Waals surface area contributed by atoms with Crippen LogP contribution in [0.1, 0.15) is 70.0 Å². The van der Waals surface area contributed by atoms with Crippen LogP contribution in [0.15, 0.2) is 70.5 Å². The molecule has 2 amide bonds. The number of carbonyl (C=O) groups is 2. The number of piperidine rings is 1. The van der Waals surface area contributed by atoms with E-state index in [9.17, 15) is 9.59 Å². The zero-order valence-electron chi connectivity index (χ0n) is 22.7. The Morgan fingerprint density at radius 3 is 2.74 bits per heavy atom. The molecule has 0 aromatic heterocycles. The van der Waals surface area contributed by atoms with Crippen LogP contribution in [0.3, 0.4) is 0 Å². The van der Waals surface area contributed by atoms with E-state index >= 15 is 0 Å². The second kappa shape index (κ2) is 11.7. The van der Waals surface area contributed by atoms with Crippen molar-refractivity contribution in [3.8, 4) is 0 Å². The molecule has 3 aromatic carbocycles. The fraction of sp³-hybridized carbons (Fsp3) is 0.375. The maximum atomic E-state index is 13.9. The lowest BCUT2D eigenvalue weighted by atomic mass is 10.0. The van der Waals surface area contributed by atoms with Crippen molar-refractivity contribution in [3.05, 3.63) is 88.5 Å². The summed E-state index contributed by atoms with van der Waals surface area (Å²) in [6.45, 7) is 9.94. The van der Waals surface area contributed by atoms with Gasteiger partial charge in [0.05, 0.1) is 36.9 Å². The average Bonchev–Trinajstić information content (AvgIpc) is 3.03. The fourth-order valence-electron chi connectivity index (χ4n) is 5.60. The van der Waals surface area contributed by atoms with Crippen LogP contribution in [0.4, 0.5) is 5.69 Å². The minimum atomic E-state index is -0.0830. The molecule has 0 bridgehead atoms. The van der Waals surface area contributed by atoms with Crippen LogP contribution in [-0.4, -0.2) is 37.5 Å². The smallest absolute Gasteiger partial charge is 0.259 e. The molecule has 2 aliphatic rings. The summed E-state index contributed by atoms with van der Waals surface area (Å²) in [5.41, 5.74) is 5.49. The number of aryl methyl sites for hydroxylation is 2. The minimum absolute atomic E-state index is 0.0380. The number of hydrogen-bond acceptors (Lipinski definition) is 3. The summed E-state index contributed by atoms with van der Waals surface area (Å²) in [5, 5.41) is 3.12. The van der Waals surface area contributed by atoms with Crippen molar-refractivity contribution >= 4 is 29.3 Å². The molecular formula is C32H38N3O2S+. The number of fused-ring (bicyclic) bond motifs is 2. The van der Waals surface area contributed by atoms with Crippen molar-refractivity contribution in [1.29, 1.82) is 0 Å². The van der Waals surface area contributed by atoms with E-state index in [1.54, 1.807) is 16.7 Å². The number of amides is 2. The van der Waals surface area contributed by atoms with E-state index in [0.717, 1.165) is 45.1 Å². The molecule has 38 heavy (non-hydrogen) atoms. The van der Waals surface area contributed by atoms with Crippen LogP contribution in [-0.2, 0) is 6.54 Å². The van der Waals surface area contributed by atoms with E-state index in [1.165, 1.54) is 25.8 Å². The summed E-state index contributed by atoms with van der Waals surface area (Å²) in [6.07, 6.45) is 4.92. The van der Waals surface area contributed by atoms with Crippen molar-refractivity contribution in [3.63, 3.8) is 0 Å². The Hall–Kier alpha value is -3.09. The zero-order chi connectivity index (χ0) is 26.6. The quantitative estimate of drug-likeness (QED) is 0.415. The molecule has 0 saturated carbocycles. The second-order valence-corrected chi connectivity index (χ2v) is 11.9. The number of quaternary nitrogens is 1. The Morgan fingerprint density at radius 1 is 1.05 bits per heavy atom. The molecule has 1 fully saturated rings. The number of anilines is 1. The summed E-state index contributed by atoms with van der Waals surface area (Å²) < 4.78 is 0. The Labute approximate surface area is 230 Å². The van der Waals surface area contributed by atoms with Gasteiger partial charge in [-0.25, -0.2) is 0 Å². The Kier molecular flexibility index (Phi) is 8.20. The van der Waals surface area contributed by atoms with Gasteiger partial charge in [0.1, 0.15) is 0 Å². The second-order valence-electron chi connectivity index (χ2n) is 10.8. The first kappa shape index (κ1) is 26.5. The number of rotatable bonds is 7. The number of likely N-dealkylation sites (tertiary alicyclic amines) is 1. The van der Waals surface area contributed by atoms with Crippen LogP contribution in [0.2, 0.25) is 0 Å². The maximum Gasteiger partial charge on any atom is 0.259 e. The number of nitrogens with zero attached hydrogens (tertiary/aromatic N) is 1. The largest absolute Gasteiger partial charge is 0.352 e. The highest BCUT2D eigenvalue weighted by Crippen LogP contribution is 2.42. The fourth-order valence-corrected chi connectivity index (χ4v) is 6.66. The van der Waals surface area contributed by atoms with Crippen molar-refractivity contribution in [1.82, 2.24) is 5.32 Å². The number of carbonyl (C=O) groups excluding carboxylic acids is 2. The lowest BCUT2D eigenvalue weighted by Gasteiger charge is -2.30. The lowest BCUT2D eigenvalue weighted by molar-refractivity contribution is -0.928. The van der Waals surface area contributed by atoms with Gasteiger partial charge in [-0.2, -0.15) is 0 Å². The van der Waals surface area contributed by atoms with E-state index in [-0.39, 0.29) is 11.8 Å². The Bertz CT molecular complexity index is 1340. The number of hydrogen-bond donors (Lipinski definition) is 2. The molecule has 0 radical (unpaired) electrons. The molecule has 1 saturated heterocycles. The molecule has 0 aliphatic carbocycles. The molecule has 198 valence electrons. The van der Waals surface area contributed by atoms with Crippen LogP contribution >= 0.6 is 11.8 Å².